The summed E-state index contributed by atoms with van der Waals surface area (Å²) in [6.07, 6.45) is 0. The van der Waals surface area contributed by atoms with E-state index >= 15 is 0 Å². The number of hydrogen-bond acceptors (Lipinski definition) is 7. The predicted molar refractivity (Wildman–Crippen MR) is 146 cm³/mol. The molecular weight excluding hydrogens is 478 g/mol. The van der Waals surface area contributed by atoms with E-state index in [1.54, 1.807) is 115 Å². The van der Waals surface area contributed by atoms with Crippen molar-refractivity contribution in [1.29, 1.82) is 5.26 Å². The van der Waals surface area contributed by atoms with Crippen molar-refractivity contribution in [2.75, 3.05) is 11.5 Å². The van der Waals surface area contributed by atoms with E-state index in [2.05, 4.69) is 6.07 Å². The van der Waals surface area contributed by atoms with Crippen LogP contribution in [-0.2, 0) is 0 Å². The van der Waals surface area contributed by atoms with Crippen molar-refractivity contribution in [1.82, 2.24) is 0 Å². The Hall–Kier alpha value is -5.61. The first-order chi connectivity index (χ1) is 18.6. The molecule has 0 bridgehead atoms. The van der Waals surface area contributed by atoms with Gasteiger partial charge in [-0.3, -0.25) is 0 Å². The first-order valence-corrected chi connectivity index (χ1v) is 11.7. The van der Waals surface area contributed by atoms with E-state index < -0.39 is 0 Å². The van der Waals surface area contributed by atoms with Gasteiger partial charge in [-0.2, -0.15) is 5.26 Å². The minimum absolute atomic E-state index is 0.275. The Morgan fingerprint density at radius 2 is 0.711 bits per heavy atom. The van der Waals surface area contributed by atoms with Gasteiger partial charge >= 0.3 is 0 Å². The normalized spacial score (nSPS) is 10.3. The molecule has 0 amide bonds. The summed E-state index contributed by atoms with van der Waals surface area (Å²) in [5.74, 6) is 4.48. The van der Waals surface area contributed by atoms with Crippen molar-refractivity contribution < 1.29 is 18.9 Å². The topological polar surface area (TPSA) is 113 Å². The molecule has 0 aliphatic carbocycles. The van der Waals surface area contributed by atoms with Gasteiger partial charge in [0.05, 0.1) is 0 Å². The van der Waals surface area contributed by atoms with Crippen LogP contribution in [0.1, 0.15) is 5.56 Å². The van der Waals surface area contributed by atoms with Crippen LogP contribution in [0.4, 0.5) is 11.4 Å². The number of nitriles is 1. The molecule has 5 aromatic rings. The second-order valence-electron chi connectivity index (χ2n) is 8.23. The van der Waals surface area contributed by atoms with E-state index in [4.69, 9.17) is 30.4 Å². The Morgan fingerprint density at radius 1 is 0.421 bits per heavy atom. The molecule has 0 aromatic heterocycles. The molecule has 0 atom stereocenters. The van der Waals surface area contributed by atoms with Gasteiger partial charge in [0, 0.05) is 11.4 Å². The molecule has 0 unspecified atom stereocenters. The molecule has 5 aromatic carbocycles. The highest BCUT2D eigenvalue weighted by atomic mass is 16.5. The number of nitrogen functional groups attached to an aromatic ring is 2. The first-order valence-electron chi connectivity index (χ1n) is 11.7. The van der Waals surface area contributed by atoms with Crippen LogP contribution in [0, 0.1) is 11.3 Å². The number of ether oxygens (including phenoxy) is 4. The Kier molecular flexibility index (Phi) is 6.96. The third-order valence-corrected chi connectivity index (χ3v) is 5.43. The van der Waals surface area contributed by atoms with E-state index in [-0.39, 0.29) is 5.56 Å². The van der Waals surface area contributed by atoms with E-state index in [0.717, 1.165) is 0 Å². The number of nitrogens with two attached hydrogens (primary N) is 2. The molecule has 0 spiro atoms. The van der Waals surface area contributed by atoms with Gasteiger partial charge in [0.1, 0.15) is 57.6 Å². The van der Waals surface area contributed by atoms with Crippen LogP contribution < -0.4 is 30.4 Å². The SMILES string of the molecule is N#Cc1c(Oc2ccc(Oc3ccc(N)cc3)cc2)cccc1Oc1ccc(Oc2ccc(N)cc2)cc1. The molecule has 4 N–H and O–H groups in total. The van der Waals surface area contributed by atoms with E-state index in [9.17, 15) is 5.26 Å². The minimum Gasteiger partial charge on any atom is -0.457 e. The van der Waals surface area contributed by atoms with E-state index in [1.807, 2.05) is 0 Å². The minimum atomic E-state index is 0.275. The number of rotatable bonds is 8. The molecule has 0 heterocycles. The molecule has 7 heteroatoms. The van der Waals surface area contributed by atoms with Gasteiger partial charge < -0.3 is 30.4 Å². The van der Waals surface area contributed by atoms with Crippen LogP contribution in [0.25, 0.3) is 0 Å². The van der Waals surface area contributed by atoms with Crippen molar-refractivity contribution in [2.24, 2.45) is 0 Å². The molecule has 186 valence electrons. The second kappa shape index (κ2) is 11.0. The number of anilines is 2. The maximum atomic E-state index is 9.84. The van der Waals surface area contributed by atoms with E-state index in [1.165, 1.54) is 0 Å². The lowest BCUT2D eigenvalue weighted by molar-refractivity contribution is 0.452. The van der Waals surface area contributed by atoms with Crippen molar-refractivity contribution in [3.63, 3.8) is 0 Å². The summed E-state index contributed by atoms with van der Waals surface area (Å²) >= 11 is 0. The Labute approximate surface area is 220 Å². The molecular formula is C31H23N3O4. The predicted octanol–water partition coefficient (Wildman–Crippen LogP) is 7.89. The fourth-order valence-corrected chi connectivity index (χ4v) is 3.54. The summed E-state index contributed by atoms with van der Waals surface area (Å²) in [5.41, 5.74) is 13.0. The Balaban J connectivity index is 1.26. The third-order valence-electron chi connectivity index (χ3n) is 5.43. The van der Waals surface area contributed by atoms with Crippen LogP contribution in [-0.4, -0.2) is 0 Å². The maximum Gasteiger partial charge on any atom is 0.149 e. The number of benzene rings is 5. The third kappa shape index (κ3) is 5.96. The monoisotopic (exact) mass is 501 g/mol. The van der Waals surface area contributed by atoms with Gasteiger partial charge in [0.2, 0.25) is 0 Å². The molecule has 0 aliphatic rings. The summed E-state index contributed by atoms with van der Waals surface area (Å²) in [4.78, 5) is 0. The van der Waals surface area contributed by atoms with Crippen molar-refractivity contribution in [3.8, 4) is 52.1 Å². The van der Waals surface area contributed by atoms with Crippen LogP contribution in [0.3, 0.4) is 0 Å². The van der Waals surface area contributed by atoms with Gasteiger partial charge in [-0.15, -0.1) is 0 Å². The summed E-state index contributed by atoms with van der Waals surface area (Å²) < 4.78 is 23.6. The van der Waals surface area contributed by atoms with Crippen LogP contribution >= 0.6 is 0 Å². The van der Waals surface area contributed by atoms with Gasteiger partial charge in [-0.05, 0) is 109 Å². The smallest absolute Gasteiger partial charge is 0.149 e. The Bertz CT molecular complexity index is 1450. The summed E-state index contributed by atoms with van der Waals surface area (Å²) in [5, 5.41) is 9.84. The van der Waals surface area contributed by atoms with Crippen LogP contribution in [0.5, 0.6) is 46.0 Å². The fraction of sp³-hybridized carbons (Fsp3) is 0. The molecule has 0 saturated carbocycles. The van der Waals surface area contributed by atoms with Gasteiger partial charge in [0.25, 0.3) is 0 Å². The Morgan fingerprint density at radius 3 is 1.03 bits per heavy atom. The van der Waals surface area contributed by atoms with Crippen LogP contribution in [0.15, 0.2) is 115 Å². The number of hydrogen-bond donors (Lipinski definition) is 2. The lowest BCUT2D eigenvalue weighted by Crippen LogP contribution is -1.93. The fourth-order valence-electron chi connectivity index (χ4n) is 3.54. The van der Waals surface area contributed by atoms with Gasteiger partial charge in [-0.25, -0.2) is 0 Å². The standard InChI is InChI=1S/C31H23N3O4/c32-20-29-30(37-27-16-12-25(13-17-27)35-23-8-4-21(33)5-9-23)2-1-3-31(29)38-28-18-14-26(15-19-28)36-24-10-6-22(34)7-11-24/h1-19H,33-34H2. The summed E-state index contributed by atoms with van der Waals surface area (Å²) in [6, 6.07) is 35.9. The van der Waals surface area contributed by atoms with Crippen molar-refractivity contribution in [3.05, 3.63) is 121 Å². The summed E-state index contributed by atoms with van der Waals surface area (Å²) in [7, 11) is 0. The lowest BCUT2D eigenvalue weighted by Gasteiger charge is -2.13. The maximum absolute atomic E-state index is 9.84. The number of nitrogens with zero attached hydrogens (tertiary/aromatic N) is 1. The van der Waals surface area contributed by atoms with Crippen LogP contribution in [0.2, 0.25) is 0 Å². The highest BCUT2D eigenvalue weighted by molar-refractivity contribution is 5.55. The second-order valence-corrected chi connectivity index (χ2v) is 8.23. The molecule has 0 fully saturated rings. The average Bonchev–Trinajstić information content (AvgIpc) is 2.94. The molecule has 38 heavy (non-hydrogen) atoms. The molecule has 0 radical (unpaired) electrons. The zero-order chi connectivity index (χ0) is 26.3. The van der Waals surface area contributed by atoms with E-state index in [0.29, 0.717) is 57.4 Å². The molecule has 5 rings (SSSR count). The van der Waals surface area contributed by atoms with Crippen molar-refractivity contribution >= 4 is 11.4 Å². The molecule has 0 aliphatic heterocycles. The zero-order valence-electron chi connectivity index (χ0n) is 20.2. The van der Waals surface area contributed by atoms with Crippen molar-refractivity contribution in [2.45, 2.75) is 0 Å². The highest BCUT2D eigenvalue weighted by Crippen LogP contribution is 2.35. The summed E-state index contributed by atoms with van der Waals surface area (Å²) in [6.45, 7) is 0. The highest BCUT2D eigenvalue weighted by Gasteiger charge is 2.13. The first kappa shape index (κ1) is 24.1. The van der Waals surface area contributed by atoms with Gasteiger partial charge in [0.15, 0.2) is 0 Å². The average molecular weight is 502 g/mol. The quantitative estimate of drug-likeness (QED) is 0.208. The van der Waals surface area contributed by atoms with Gasteiger partial charge in [-0.1, -0.05) is 6.07 Å². The lowest BCUT2D eigenvalue weighted by atomic mass is 10.2. The zero-order valence-corrected chi connectivity index (χ0v) is 20.2. The molecule has 0 saturated heterocycles. The molecule has 7 nitrogen and oxygen atoms in total. The largest absolute Gasteiger partial charge is 0.457 e.